The molecule has 0 bridgehead atoms. The van der Waals surface area contributed by atoms with Crippen molar-refractivity contribution >= 4 is 12.0 Å². The van der Waals surface area contributed by atoms with E-state index in [1.54, 1.807) is 0 Å². The average Bonchev–Trinajstić information content (AvgIpc) is 2.56. The SMILES string of the molecule is C=C(CCC)C(=O)OCCCCCC.C=Cc1ccccc1. The number of unbranched alkanes of at least 4 members (excludes halogenated alkanes) is 3. The molecule has 0 aliphatic carbocycles. The maximum atomic E-state index is 11.2. The van der Waals surface area contributed by atoms with Crippen molar-refractivity contribution < 1.29 is 9.53 Å². The number of benzene rings is 1. The molecule has 0 amide bonds. The zero-order valence-corrected chi connectivity index (χ0v) is 14.1. The number of ether oxygens (including phenoxy) is 1. The lowest BCUT2D eigenvalue weighted by Crippen LogP contribution is -2.08. The number of esters is 1. The lowest BCUT2D eigenvalue weighted by Gasteiger charge is -2.05. The van der Waals surface area contributed by atoms with E-state index in [4.69, 9.17) is 4.74 Å². The van der Waals surface area contributed by atoms with Crippen molar-refractivity contribution in [1.29, 1.82) is 0 Å². The van der Waals surface area contributed by atoms with Crippen LogP contribution in [0.15, 0.2) is 49.1 Å². The van der Waals surface area contributed by atoms with E-state index in [1.165, 1.54) is 18.4 Å². The van der Waals surface area contributed by atoms with Gasteiger partial charge in [0.25, 0.3) is 0 Å². The van der Waals surface area contributed by atoms with Gasteiger partial charge in [-0.2, -0.15) is 0 Å². The Kier molecular flexibility index (Phi) is 12.9. The number of hydrogen-bond acceptors (Lipinski definition) is 2. The molecule has 1 aromatic rings. The summed E-state index contributed by atoms with van der Waals surface area (Å²) in [7, 11) is 0. The molecule has 0 atom stereocenters. The fourth-order valence-corrected chi connectivity index (χ4v) is 1.79. The minimum Gasteiger partial charge on any atom is -0.462 e. The van der Waals surface area contributed by atoms with E-state index in [0.29, 0.717) is 12.2 Å². The third-order valence-corrected chi connectivity index (χ3v) is 3.11. The number of hydrogen-bond donors (Lipinski definition) is 0. The molecule has 0 aliphatic heterocycles. The molecule has 0 saturated heterocycles. The van der Waals surface area contributed by atoms with Crippen molar-refractivity contribution in [2.45, 2.75) is 52.4 Å². The Morgan fingerprint density at radius 3 is 2.27 bits per heavy atom. The summed E-state index contributed by atoms with van der Waals surface area (Å²) in [6, 6.07) is 10.0. The summed E-state index contributed by atoms with van der Waals surface area (Å²) in [5, 5.41) is 0. The van der Waals surface area contributed by atoms with E-state index in [0.717, 1.165) is 25.7 Å². The molecule has 1 rings (SSSR count). The van der Waals surface area contributed by atoms with Crippen LogP contribution in [0.1, 0.15) is 57.9 Å². The van der Waals surface area contributed by atoms with Gasteiger partial charge in [-0.3, -0.25) is 0 Å². The molecule has 0 aliphatic rings. The summed E-state index contributed by atoms with van der Waals surface area (Å²) < 4.78 is 5.06. The predicted molar refractivity (Wildman–Crippen MR) is 95.7 cm³/mol. The van der Waals surface area contributed by atoms with Crippen molar-refractivity contribution in [1.82, 2.24) is 0 Å². The number of carbonyl (C=O) groups excluding carboxylic acids is 1. The van der Waals surface area contributed by atoms with Gasteiger partial charge in [0, 0.05) is 5.57 Å². The first-order valence-electron chi connectivity index (χ1n) is 8.18. The molecule has 2 nitrogen and oxygen atoms in total. The Balaban J connectivity index is 0.000000461. The molecule has 0 fully saturated rings. The Bertz CT molecular complexity index is 421. The van der Waals surface area contributed by atoms with E-state index in [2.05, 4.69) is 20.1 Å². The second-order valence-corrected chi connectivity index (χ2v) is 5.16. The third-order valence-electron chi connectivity index (χ3n) is 3.11. The van der Waals surface area contributed by atoms with Crippen molar-refractivity contribution in [2.24, 2.45) is 0 Å². The summed E-state index contributed by atoms with van der Waals surface area (Å²) in [6.07, 6.45) is 8.06. The second kappa shape index (κ2) is 14.1. The lowest BCUT2D eigenvalue weighted by molar-refractivity contribution is -0.139. The molecule has 122 valence electrons. The zero-order chi connectivity index (χ0) is 16.6. The van der Waals surface area contributed by atoms with Gasteiger partial charge in [-0.15, -0.1) is 0 Å². The molecule has 0 spiro atoms. The monoisotopic (exact) mass is 302 g/mol. The molecular weight excluding hydrogens is 272 g/mol. The topological polar surface area (TPSA) is 26.3 Å². The van der Waals surface area contributed by atoms with Crippen LogP contribution in [0.3, 0.4) is 0 Å². The standard InChI is InChI=1S/C12H22O2.C8H8/c1-4-6-7-8-10-14-12(13)11(3)9-5-2;1-2-8-6-4-3-5-7-8/h3-10H2,1-2H3;2-7H,1H2. The molecule has 0 aromatic heterocycles. The lowest BCUT2D eigenvalue weighted by atomic mass is 10.2. The highest BCUT2D eigenvalue weighted by Gasteiger charge is 2.06. The first-order valence-corrected chi connectivity index (χ1v) is 8.18. The van der Waals surface area contributed by atoms with Crippen molar-refractivity contribution in [3.8, 4) is 0 Å². The van der Waals surface area contributed by atoms with Crippen LogP contribution in [-0.2, 0) is 9.53 Å². The van der Waals surface area contributed by atoms with Crippen LogP contribution in [0.2, 0.25) is 0 Å². The second-order valence-electron chi connectivity index (χ2n) is 5.16. The summed E-state index contributed by atoms with van der Waals surface area (Å²) >= 11 is 0. The largest absolute Gasteiger partial charge is 0.462 e. The fraction of sp³-hybridized carbons (Fsp3) is 0.450. The van der Waals surface area contributed by atoms with Gasteiger partial charge in [-0.05, 0) is 18.4 Å². The van der Waals surface area contributed by atoms with E-state index < -0.39 is 0 Å². The van der Waals surface area contributed by atoms with Gasteiger partial charge in [0.2, 0.25) is 0 Å². The van der Waals surface area contributed by atoms with Crippen LogP contribution in [0, 0.1) is 0 Å². The molecule has 0 unspecified atom stereocenters. The van der Waals surface area contributed by atoms with Crippen LogP contribution in [-0.4, -0.2) is 12.6 Å². The predicted octanol–water partition coefficient (Wildman–Crippen LogP) is 5.80. The Hall–Kier alpha value is -1.83. The number of rotatable bonds is 9. The van der Waals surface area contributed by atoms with E-state index >= 15 is 0 Å². The highest BCUT2D eigenvalue weighted by molar-refractivity contribution is 5.87. The van der Waals surface area contributed by atoms with E-state index in [-0.39, 0.29) is 5.97 Å². The minimum atomic E-state index is -0.219. The molecule has 2 heteroatoms. The fourth-order valence-electron chi connectivity index (χ4n) is 1.79. The van der Waals surface area contributed by atoms with Crippen LogP contribution < -0.4 is 0 Å². The van der Waals surface area contributed by atoms with Crippen LogP contribution in [0.5, 0.6) is 0 Å². The van der Waals surface area contributed by atoms with Gasteiger partial charge in [0.15, 0.2) is 0 Å². The minimum absolute atomic E-state index is 0.219. The van der Waals surface area contributed by atoms with Gasteiger partial charge in [-0.25, -0.2) is 4.79 Å². The van der Waals surface area contributed by atoms with E-state index in [1.807, 2.05) is 43.3 Å². The molecular formula is C20H30O2. The maximum Gasteiger partial charge on any atom is 0.333 e. The Morgan fingerprint density at radius 1 is 1.09 bits per heavy atom. The van der Waals surface area contributed by atoms with Crippen LogP contribution in [0.25, 0.3) is 6.08 Å². The van der Waals surface area contributed by atoms with Crippen molar-refractivity contribution in [2.75, 3.05) is 6.61 Å². The highest BCUT2D eigenvalue weighted by atomic mass is 16.5. The van der Waals surface area contributed by atoms with Crippen LogP contribution in [0.4, 0.5) is 0 Å². The third kappa shape index (κ3) is 10.9. The quantitative estimate of drug-likeness (QED) is 0.327. The smallest absolute Gasteiger partial charge is 0.333 e. The first-order chi connectivity index (χ1) is 10.7. The zero-order valence-electron chi connectivity index (χ0n) is 14.1. The molecule has 0 N–H and O–H groups in total. The van der Waals surface area contributed by atoms with E-state index in [9.17, 15) is 4.79 Å². The number of carbonyl (C=O) groups is 1. The average molecular weight is 302 g/mol. The molecule has 0 heterocycles. The van der Waals surface area contributed by atoms with Gasteiger partial charge >= 0.3 is 5.97 Å². The summed E-state index contributed by atoms with van der Waals surface area (Å²) in [6.45, 7) is 12.0. The van der Waals surface area contributed by atoms with Crippen molar-refractivity contribution in [3.05, 3.63) is 54.6 Å². The summed E-state index contributed by atoms with van der Waals surface area (Å²) in [4.78, 5) is 11.2. The van der Waals surface area contributed by atoms with Crippen LogP contribution >= 0.6 is 0 Å². The first kappa shape index (κ1) is 20.2. The normalized spacial score (nSPS) is 9.36. The highest BCUT2D eigenvalue weighted by Crippen LogP contribution is 2.05. The summed E-state index contributed by atoms with van der Waals surface area (Å²) in [5.74, 6) is -0.219. The van der Waals surface area contributed by atoms with Gasteiger partial charge in [0.05, 0.1) is 6.61 Å². The van der Waals surface area contributed by atoms with Gasteiger partial charge in [-0.1, -0.05) is 89.1 Å². The van der Waals surface area contributed by atoms with Gasteiger partial charge in [0.1, 0.15) is 0 Å². The molecule has 22 heavy (non-hydrogen) atoms. The van der Waals surface area contributed by atoms with Gasteiger partial charge < -0.3 is 4.74 Å². The molecule has 0 radical (unpaired) electrons. The maximum absolute atomic E-state index is 11.2. The molecule has 1 aromatic carbocycles. The summed E-state index contributed by atoms with van der Waals surface area (Å²) in [5.41, 5.74) is 1.77. The Labute approximate surface area is 135 Å². The molecule has 0 saturated carbocycles. The van der Waals surface area contributed by atoms with Crippen molar-refractivity contribution in [3.63, 3.8) is 0 Å². The Morgan fingerprint density at radius 2 is 1.77 bits per heavy atom.